The minimum atomic E-state index is -5.07. The molecule has 0 amide bonds. The van der Waals surface area contributed by atoms with Crippen molar-refractivity contribution in [3.05, 3.63) is 28.8 Å². The molecule has 0 aliphatic carbocycles. The first-order chi connectivity index (χ1) is 8.18. The Labute approximate surface area is 96.4 Å². The van der Waals surface area contributed by atoms with Gasteiger partial charge in [0.2, 0.25) is 5.95 Å². The fraction of sp³-hybridized carbons (Fsp3) is 0.333. The number of nitrogens with zero attached hydrogens (tertiary/aromatic N) is 1. The highest BCUT2D eigenvalue weighted by molar-refractivity contribution is 5.91. The van der Waals surface area contributed by atoms with E-state index >= 15 is 0 Å². The van der Waals surface area contributed by atoms with Gasteiger partial charge in [-0.2, -0.15) is 17.6 Å². The molecule has 0 atom stereocenters. The van der Waals surface area contributed by atoms with Gasteiger partial charge in [-0.15, -0.1) is 0 Å². The lowest BCUT2D eigenvalue weighted by Crippen LogP contribution is -2.16. The van der Waals surface area contributed by atoms with Crippen LogP contribution in [0.25, 0.3) is 0 Å². The first kappa shape index (κ1) is 14.3. The van der Waals surface area contributed by atoms with Gasteiger partial charge in [0.1, 0.15) is 5.69 Å². The molecule has 0 N–H and O–H groups in total. The van der Waals surface area contributed by atoms with Gasteiger partial charge in [0.05, 0.1) is 18.2 Å². The Morgan fingerprint density at radius 2 is 1.94 bits per heavy atom. The van der Waals surface area contributed by atoms with Gasteiger partial charge in [0.25, 0.3) is 6.43 Å². The molecular weight excluding hydrogens is 268 g/mol. The summed E-state index contributed by atoms with van der Waals surface area (Å²) in [6.07, 6.45) is -8.56. The molecule has 100 valence electrons. The molecule has 0 aliphatic rings. The molecule has 3 nitrogen and oxygen atoms in total. The maximum Gasteiger partial charge on any atom is 0.433 e. The zero-order valence-corrected chi connectivity index (χ0v) is 8.69. The standard InChI is InChI=1S/C9H5F6NO2/c1-18-8(17)3-2-4(9(13,14)15)16-7(12)5(3)6(10)11/h2,6H,1H3. The molecule has 1 rings (SSSR count). The average Bonchev–Trinajstić information content (AvgIpc) is 2.25. The van der Waals surface area contributed by atoms with E-state index in [1.807, 2.05) is 0 Å². The average molecular weight is 273 g/mol. The van der Waals surface area contributed by atoms with E-state index in [1.54, 1.807) is 0 Å². The van der Waals surface area contributed by atoms with E-state index in [1.165, 1.54) is 0 Å². The summed E-state index contributed by atoms with van der Waals surface area (Å²) in [6.45, 7) is 0. The van der Waals surface area contributed by atoms with E-state index in [9.17, 15) is 31.1 Å². The number of esters is 1. The quantitative estimate of drug-likeness (QED) is 0.472. The SMILES string of the molecule is COC(=O)c1cc(C(F)(F)F)nc(F)c1C(F)F. The third-order valence-electron chi connectivity index (χ3n) is 1.93. The molecule has 1 aromatic rings. The highest BCUT2D eigenvalue weighted by Gasteiger charge is 2.36. The van der Waals surface area contributed by atoms with Crippen LogP contribution in [0.2, 0.25) is 0 Å². The molecule has 0 unspecified atom stereocenters. The Morgan fingerprint density at radius 1 is 1.39 bits per heavy atom. The van der Waals surface area contributed by atoms with Gasteiger partial charge in [0, 0.05) is 0 Å². The third kappa shape index (κ3) is 2.71. The van der Waals surface area contributed by atoms with Crippen molar-refractivity contribution in [1.29, 1.82) is 0 Å². The topological polar surface area (TPSA) is 39.2 Å². The summed E-state index contributed by atoms with van der Waals surface area (Å²) in [5.74, 6) is -3.56. The summed E-state index contributed by atoms with van der Waals surface area (Å²) >= 11 is 0. The van der Waals surface area contributed by atoms with Crippen LogP contribution < -0.4 is 0 Å². The van der Waals surface area contributed by atoms with Crippen molar-refractivity contribution in [2.45, 2.75) is 12.6 Å². The predicted octanol–water partition coefficient (Wildman–Crippen LogP) is 2.96. The molecular formula is C9H5F6NO2. The van der Waals surface area contributed by atoms with Crippen LogP contribution in [0.1, 0.15) is 28.0 Å². The van der Waals surface area contributed by atoms with Crippen molar-refractivity contribution in [2.24, 2.45) is 0 Å². The number of hydrogen-bond donors (Lipinski definition) is 0. The summed E-state index contributed by atoms with van der Waals surface area (Å²) in [7, 11) is 0.767. The number of methoxy groups -OCH3 is 1. The Balaban J connectivity index is 3.52. The van der Waals surface area contributed by atoms with Crippen molar-refractivity contribution in [2.75, 3.05) is 7.11 Å². The maximum absolute atomic E-state index is 13.1. The Kier molecular flexibility index (Phi) is 3.82. The van der Waals surface area contributed by atoms with Gasteiger partial charge in [0.15, 0.2) is 0 Å². The van der Waals surface area contributed by atoms with E-state index in [0.29, 0.717) is 0 Å². The monoisotopic (exact) mass is 273 g/mol. The lowest BCUT2D eigenvalue weighted by Gasteiger charge is -2.11. The Hall–Kier alpha value is -1.80. The second kappa shape index (κ2) is 4.83. The van der Waals surface area contributed by atoms with Gasteiger partial charge in [-0.25, -0.2) is 18.6 Å². The fourth-order valence-electron chi connectivity index (χ4n) is 1.16. The largest absolute Gasteiger partial charge is 0.465 e. The Morgan fingerprint density at radius 3 is 2.33 bits per heavy atom. The summed E-state index contributed by atoms with van der Waals surface area (Å²) in [5, 5.41) is 0. The molecule has 0 saturated heterocycles. The van der Waals surface area contributed by atoms with Crippen LogP contribution in [0.4, 0.5) is 26.3 Å². The van der Waals surface area contributed by atoms with Crippen molar-refractivity contribution in [1.82, 2.24) is 4.98 Å². The minimum absolute atomic E-state index is 0.0242. The lowest BCUT2D eigenvalue weighted by atomic mass is 10.1. The molecule has 0 spiro atoms. The van der Waals surface area contributed by atoms with Gasteiger partial charge in [-0.3, -0.25) is 0 Å². The number of carbonyl (C=O) groups is 1. The number of halogens is 6. The number of hydrogen-bond acceptors (Lipinski definition) is 3. The Bertz CT molecular complexity index is 471. The molecule has 1 heterocycles. The number of alkyl halides is 5. The molecule has 0 fully saturated rings. The van der Waals surface area contributed by atoms with Gasteiger partial charge < -0.3 is 4.74 Å². The number of pyridine rings is 1. The fourth-order valence-corrected chi connectivity index (χ4v) is 1.16. The summed E-state index contributed by atoms with van der Waals surface area (Å²) in [4.78, 5) is 13.4. The van der Waals surface area contributed by atoms with Crippen LogP contribution in [0.5, 0.6) is 0 Å². The summed E-state index contributed by atoms with van der Waals surface area (Å²) in [6, 6.07) is 0.0242. The van der Waals surface area contributed by atoms with Crippen LogP contribution >= 0.6 is 0 Å². The molecule has 1 aromatic heterocycles. The van der Waals surface area contributed by atoms with Crippen LogP contribution in [-0.2, 0) is 10.9 Å². The van der Waals surface area contributed by atoms with Crippen molar-refractivity contribution in [3.8, 4) is 0 Å². The molecule has 0 aromatic carbocycles. The van der Waals surface area contributed by atoms with E-state index in [4.69, 9.17) is 0 Å². The molecule has 0 radical (unpaired) electrons. The van der Waals surface area contributed by atoms with E-state index in [2.05, 4.69) is 9.72 Å². The first-order valence-corrected chi connectivity index (χ1v) is 4.32. The first-order valence-electron chi connectivity index (χ1n) is 4.32. The van der Waals surface area contributed by atoms with E-state index in [-0.39, 0.29) is 6.07 Å². The highest BCUT2D eigenvalue weighted by atomic mass is 19.4. The van der Waals surface area contributed by atoms with Gasteiger partial charge in [-0.1, -0.05) is 0 Å². The van der Waals surface area contributed by atoms with Crippen LogP contribution in [0.3, 0.4) is 0 Å². The molecule has 0 aliphatic heterocycles. The molecule has 9 heteroatoms. The maximum atomic E-state index is 13.1. The van der Waals surface area contributed by atoms with Gasteiger partial charge >= 0.3 is 12.1 Å². The van der Waals surface area contributed by atoms with Crippen molar-refractivity contribution in [3.63, 3.8) is 0 Å². The molecule has 0 bridgehead atoms. The number of ether oxygens (including phenoxy) is 1. The lowest BCUT2D eigenvalue weighted by molar-refractivity contribution is -0.141. The second-order valence-corrected chi connectivity index (χ2v) is 3.05. The van der Waals surface area contributed by atoms with Crippen molar-refractivity contribution >= 4 is 5.97 Å². The molecule has 0 saturated carbocycles. The number of aromatic nitrogens is 1. The summed E-state index contributed by atoms with van der Waals surface area (Å²) in [5.41, 5.74) is -4.51. The number of carbonyl (C=O) groups excluding carboxylic acids is 1. The van der Waals surface area contributed by atoms with Gasteiger partial charge in [-0.05, 0) is 6.07 Å². The minimum Gasteiger partial charge on any atom is -0.465 e. The van der Waals surface area contributed by atoms with Crippen LogP contribution in [0.15, 0.2) is 6.07 Å². The zero-order chi connectivity index (χ0) is 14.1. The smallest absolute Gasteiger partial charge is 0.433 e. The summed E-state index contributed by atoms with van der Waals surface area (Å²) < 4.78 is 78.8. The van der Waals surface area contributed by atoms with E-state index < -0.39 is 41.3 Å². The normalized spacial score (nSPS) is 11.8. The highest BCUT2D eigenvalue weighted by Crippen LogP contribution is 2.32. The zero-order valence-electron chi connectivity index (χ0n) is 8.69. The predicted molar refractivity (Wildman–Crippen MR) is 45.5 cm³/mol. The van der Waals surface area contributed by atoms with E-state index in [0.717, 1.165) is 7.11 Å². The van der Waals surface area contributed by atoms with Crippen molar-refractivity contribution < 1.29 is 35.9 Å². The van der Waals surface area contributed by atoms with Crippen LogP contribution in [-0.4, -0.2) is 18.1 Å². The molecule has 18 heavy (non-hydrogen) atoms. The van der Waals surface area contributed by atoms with Crippen LogP contribution in [0, 0.1) is 5.95 Å². The third-order valence-corrected chi connectivity index (χ3v) is 1.93. The second-order valence-electron chi connectivity index (χ2n) is 3.05. The number of rotatable bonds is 2.